The average Bonchev–Trinajstić information content (AvgIpc) is 2.60. The van der Waals surface area contributed by atoms with Gasteiger partial charge in [-0.15, -0.1) is 0 Å². The minimum Gasteiger partial charge on any atom is -0.381 e. The van der Waals surface area contributed by atoms with Crippen molar-refractivity contribution in [3.8, 4) is 0 Å². The van der Waals surface area contributed by atoms with Crippen LogP contribution in [-0.2, 0) is 0 Å². The first kappa shape index (κ1) is 17.3. The number of carbonyl (C=O) groups excluding carboxylic acids is 1. The lowest BCUT2D eigenvalue weighted by Gasteiger charge is -2.33. The number of likely N-dealkylation sites (tertiary alicyclic amines) is 1. The molecule has 1 aliphatic rings. The van der Waals surface area contributed by atoms with E-state index in [1.165, 1.54) is 17.2 Å². The number of nitrogens with zero attached hydrogens (tertiary/aromatic N) is 1. The predicted molar refractivity (Wildman–Crippen MR) is 99.6 cm³/mol. The van der Waals surface area contributed by atoms with E-state index in [1.807, 2.05) is 0 Å². The summed E-state index contributed by atoms with van der Waals surface area (Å²) in [5.41, 5.74) is 3.80. The van der Waals surface area contributed by atoms with E-state index in [0.29, 0.717) is 13.1 Å². The van der Waals surface area contributed by atoms with Gasteiger partial charge in [0, 0.05) is 24.8 Å². The Bertz CT molecular complexity index is 762. The van der Waals surface area contributed by atoms with Crippen molar-refractivity contribution >= 4 is 17.4 Å². The van der Waals surface area contributed by atoms with E-state index < -0.39 is 5.82 Å². The summed E-state index contributed by atoms with van der Waals surface area (Å²) in [4.78, 5) is 14.2. The Labute approximate surface area is 148 Å². The van der Waals surface area contributed by atoms with Gasteiger partial charge in [0.2, 0.25) is 0 Å². The topological polar surface area (TPSA) is 44.4 Å². The monoisotopic (exact) mass is 341 g/mol. The molecular formula is C20H24FN3O. The fourth-order valence-electron chi connectivity index (χ4n) is 3.10. The second-order valence-electron chi connectivity index (χ2n) is 6.64. The third-order valence-corrected chi connectivity index (χ3v) is 4.70. The quantitative estimate of drug-likeness (QED) is 0.860. The normalized spacial score (nSPS) is 17.2. The van der Waals surface area contributed by atoms with Crippen LogP contribution in [0.25, 0.3) is 0 Å². The summed E-state index contributed by atoms with van der Waals surface area (Å²) in [6, 6.07) is 12.5. The molecule has 5 heteroatoms. The van der Waals surface area contributed by atoms with Crippen LogP contribution in [0.15, 0.2) is 42.5 Å². The Morgan fingerprint density at radius 1 is 1.16 bits per heavy atom. The highest BCUT2D eigenvalue weighted by atomic mass is 19.1. The number of benzene rings is 2. The maximum atomic E-state index is 13.7. The third-order valence-electron chi connectivity index (χ3n) is 4.70. The van der Waals surface area contributed by atoms with Gasteiger partial charge in [0.15, 0.2) is 0 Å². The molecular weight excluding hydrogens is 317 g/mol. The lowest BCUT2D eigenvalue weighted by atomic mass is 10.0. The standard InChI is InChI=1S/C20H24FN3O/c1-14-9-10-16(12-15(14)2)22-17-6-5-11-24(13-17)20(25)23-19-8-4-3-7-18(19)21/h3-4,7-10,12,17,22H,5-6,11,13H2,1-2H3,(H,23,25). The van der Waals surface area contributed by atoms with E-state index in [-0.39, 0.29) is 17.8 Å². The Kier molecular flexibility index (Phi) is 5.22. The number of anilines is 2. The number of halogens is 1. The largest absolute Gasteiger partial charge is 0.381 e. The molecule has 0 bridgehead atoms. The number of urea groups is 1. The van der Waals surface area contributed by atoms with Crippen LogP contribution in [0.1, 0.15) is 24.0 Å². The maximum absolute atomic E-state index is 13.7. The molecule has 2 aromatic rings. The van der Waals surface area contributed by atoms with Gasteiger partial charge in [-0.05, 0) is 62.1 Å². The number of hydrogen-bond donors (Lipinski definition) is 2. The fraction of sp³-hybridized carbons (Fsp3) is 0.350. The van der Waals surface area contributed by atoms with E-state index in [1.54, 1.807) is 23.1 Å². The number of nitrogens with one attached hydrogen (secondary N) is 2. The SMILES string of the molecule is Cc1ccc(NC2CCCN(C(=O)Nc3ccccc3F)C2)cc1C. The highest BCUT2D eigenvalue weighted by Gasteiger charge is 2.24. The van der Waals surface area contributed by atoms with Gasteiger partial charge in [0.1, 0.15) is 5.82 Å². The molecule has 1 atom stereocenters. The Hall–Kier alpha value is -2.56. The van der Waals surface area contributed by atoms with E-state index in [2.05, 4.69) is 42.7 Å². The zero-order valence-electron chi connectivity index (χ0n) is 14.7. The van der Waals surface area contributed by atoms with Crippen molar-refractivity contribution in [2.75, 3.05) is 23.7 Å². The predicted octanol–water partition coefficient (Wildman–Crippen LogP) is 4.55. The first-order valence-corrected chi connectivity index (χ1v) is 8.67. The molecule has 1 saturated heterocycles. The van der Waals surface area contributed by atoms with Gasteiger partial charge in [-0.3, -0.25) is 0 Å². The zero-order chi connectivity index (χ0) is 17.8. The van der Waals surface area contributed by atoms with Crippen molar-refractivity contribution in [3.63, 3.8) is 0 Å². The summed E-state index contributed by atoms with van der Waals surface area (Å²) in [5.74, 6) is -0.419. The van der Waals surface area contributed by atoms with Crippen LogP contribution in [0.4, 0.5) is 20.6 Å². The van der Waals surface area contributed by atoms with Gasteiger partial charge in [0.05, 0.1) is 5.69 Å². The van der Waals surface area contributed by atoms with Crippen molar-refractivity contribution in [3.05, 3.63) is 59.4 Å². The van der Waals surface area contributed by atoms with Crippen LogP contribution in [0, 0.1) is 19.7 Å². The molecule has 4 nitrogen and oxygen atoms in total. The summed E-state index contributed by atoms with van der Waals surface area (Å²) in [7, 11) is 0. The van der Waals surface area contributed by atoms with Gasteiger partial charge >= 0.3 is 6.03 Å². The van der Waals surface area contributed by atoms with Crippen LogP contribution in [-0.4, -0.2) is 30.1 Å². The second-order valence-corrected chi connectivity index (χ2v) is 6.64. The Morgan fingerprint density at radius 3 is 2.72 bits per heavy atom. The Morgan fingerprint density at radius 2 is 1.96 bits per heavy atom. The van der Waals surface area contributed by atoms with Gasteiger partial charge in [0.25, 0.3) is 0 Å². The summed E-state index contributed by atoms with van der Waals surface area (Å²) in [6.07, 6.45) is 1.93. The number of carbonyl (C=O) groups is 1. The fourth-order valence-corrected chi connectivity index (χ4v) is 3.10. The number of piperidine rings is 1. The second kappa shape index (κ2) is 7.55. The highest BCUT2D eigenvalue weighted by molar-refractivity contribution is 5.89. The molecule has 1 unspecified atom stereocenters. The molecule has 132 valence electrons. The van der Waals surface area contributed by atoms with E-state index in [9.17, 15) is 9.18 Å². The van der Waals surface area contributed by atoms with Crippen LogP contribution < -0.4 is 10.6 Å². The van der Waals surface area contributed by atoms with E-state index in [4.69, 9.17) is 0 Å². The zero-order valence-corrected chi connectivity index (χ0v) is 14.7. The molecule has 1 aliphatic heterocycles. The number of aryl methyl sites for hydroxylation is 2. The van der Waals surface area contributed by atoms with Gasteiger partial charge in [-0.2, -0.15) is 0 Å². The molecule has 2 amide bonds. The van der Waals surface area contributed by atoms with Crippen molar-refractivity contribution in [1.82, 2.24) is 4.90 Å². The molecule has 3 rings (SSSR count). The highest BCUT2D eigenvalue weighted by Crippen LogP contribution is 2.20. The minimum atomic E-state index is -0.419. The molecule has 0 aliphatic carbocycles. The van der Waals surface area contributed by atoms with Crippen molar-refractivity contribution in [2.45, 2.75) is 32.7 Å². The third kappa shape index (κ3) is 4.29. The molecule has 0 radical (unpaired) electrons. The lowest BCUT2D eigenvalue weighted by molar-refractivity contribution is 0.196. The maximum Gasteiger partial charge on any atom is 0.321 e. The molecule has 2 aromatic carbocycles. The van der Waals surface area contributed by atoms with Crippen molar-refractivity contribution in [1.29, 1.82) is 0 Å². The Balaban J connectivity index is 1.61. The number of para-hydroxylation sites is 1. The number of rotatable bonds is 3. The summed E-state index contributed by atoms with van der Waals surface area (Å²) >= 11 is 0. The van der Waals surface area contributed by atoms with Crippen molar-refractivity contribution < 1.29 is 9.18 Å². The molecule has 1 fully saturated rings. The van der Waals surface area contributed by atoms with Crippen LogP contribution in [0.5, 0.6) is 0 Å². The van der Waals surface area contributed by atoms with E-state index in [0.717, 1.165) is 18.5 Å². The number of hydrogen-bond acceptors (Lipinski definition) is 2. The molecule has 0 aromatic heterocycles. The van der Waals surface area contributed by atoms with Gasteiger partial charge in [-0.1, -0.05) is 18.2 Å². The van der Waals surface area contributed by atoms with Crippen LogP contribution >= 0.6 is 0 Å². The molecule has 2 N–H and O–H groups in total. The van der Waals surface area contributed by atoms with Crippen LogP contribution in [0.3, 0.4) is 0 Å². The summed E-state index contributed by atoms with van der Waals surface area (Å²) in [6.45, 7) is 5.47. The average molecular weight is 341 g/mol. The minimum absolute atomic E-state index is 0.197. The molecule has 25 heavy (non-hydrogen) atoms. The number of amides is 2. The van der Waals surface area contributed by atoms with Gasteiger partial charge in [-0.25, -0.2) is 9.18 Å². The lowest BCUT2D eigenvalue weighted by Crippen LogP contribution is -2.46. The summed E-state index contributed by atoms with van der Waals surface area (Å²) < 4.78 is 13.7. The first-order valence-electron chi connectivity index (χ1n) is 8.67. The first-order chi connectivity index (χ1) is 12.0. The van der Waals surface area contributed by atoms with Crippen LogP contribution in [0.2, 0.25) is 0 Å². The molecule has 0 saturated carbocycles. The van der Waals surface area contributed by atoms with Gasteiger partial charge < -0.3 is 15.5 Å². The van der Waals surface area contributed by atoms with E-state index >= 15 is 0 Å². The molecule has 0 spiro atoms. The molecule has 1 heterocycles. The summed E-state index contributed by atoms with van der Waals surface area (Å²) in [5, 5.41) is 6.18. The van der Waals surface area contributed by atoms with Crippen molar-refractivity contribution in [2.24, 2.45) is 0 Å². The smallest absolute Gasteiger partial charge is 0.321 e.